The van der Waals surface area contributed by atoms with Crippen molar-refractivity contribution in [2.24, 2.45) is 5.73 Å². The van der Waals surface area contributed by atoms with Crippen LogP contribution in [-0.4, -0.2) is 39.8 Å². The summed E-state index contributed by atoms with van der Waals surface area (Å²) in [7, 11) is 0. The molecule has 1 amide bonds. The molecular formula is C14H17N3O3S. The van der Waals surface area contributed by atoms with Crippen LogP contribution in [0.3, 0.4) is 0 Å². The highest BCUT2D eigenvalue weighted by Crippen LogP contribution is 2.19. The first-order valence-corrected chi connectivity index (χ1v) is 7.10. The molecule has 0 spiro atoms. The van der Waals surface area contributed by atoms with E-state index in [4.69, 9.17) is 5.73 Å². The topological polar surface area (TPSA) is 108 Å². The first-order chi connectivity index (χ1) is 10.0. The van der Waals surface area contributed by atoms with Crippen molar-refractivity contribution in [1.82, 2.24) is 10.3 Å². The molecule has 2 atom stereocenters. The molecule has 1 heterocycles. The lowest BCUT2D eigenvalue weighted by atomic mass is 10.0. The summed E-state index contributed by atoms with van der Waals surface area (Å²) in [5, 5.41) is 12.6. The van der Waals surface area contributed by atoms with E-state index in [1.165, 1.54) is 0 Å². The van der Waals surface area contributed by atoms with E-state index in [0.717, 1.165) is 16.5 Å². The van der Waals surface area contributed by atoms with Crippen molar-refractivity contribution >= 4 is 35.4 Å². The van der Waals surface area contributed by atoms with Crippen LogP contribution in [0.1, 0.15) is 5.56 Å². The third-order valence-corrected chi connectivity index (χ3v) is 3.64. The Kier molecular flexibility index (Phi) is 4.87. The first kappa shape index (κ1) is 15.4. The quantitative estimate of drug-likeness (QED) is 0.502. The minimum absolute atomic E-state index is 0.158. The van der Waals surface area contributed by atoms with Gasteiger partial charge in [-0.15, -0.1) is 0 Å². The molecule has 2 rings (SSSR count). The van der Waals surface area contributed by atoms with Gasteiger partial charge in [-0.05, 0) is 11.6 Å². The van der Waals surface area contributed by atoms with E-state index >= 15 is 0 Å². The predicted molar refractivity (Wildman–Crippen MR) is 83.4 cm³/mol. The number of carbonyl (C=O) groups excluding carboxylic acids is 1. The molecule has 0 aliphatic rings. The maximum Gasteiger partial charge on any atom is 0.326 e. The predicted octanol–water partition coefficient (Wildman–Crippen LogP) is 0.537. The molecular weight excluding hydrogens is 290 g/mol. The Labute approximate surface area is 127 Å². The molecule has 6 nitrogen and oxygen atoms in total. The Morgan fingerprint density at radius 1 is 1.38 bits per heavy atom. The normalized spacial score (nSPS) is 13.8. The summed E-state index contributed by atoms with van der Waals surface area (Å²) >= 11 is 3.93. The van der Waals surface area contributed by atoms with Crippen molar-refractivity contribution < 1.29 is 14.7 Å². The van der Waals surface area contributed by atoms with E-state index in [2.05, 4.69) is 22.9 Å². The third kappa shape index (κ3) is 3.56. The molecule has 0 radical (unpaired) electrons. The lowest BCUT2D eigenvalue weighted by Gasteiger charge is -2.16. The molecule has 7 heteroatoms. The zero-order valence-electron chi connectivity index (χ0n) is 11.2. The Morgan fingerprint density at radius 2 is 2.10 bits per heavy atom. The number of rotatable bonds is 6. The number of H-pyrrole nitrogens is 1. The van der Waals surface area contributed by atoms with Gasteiger partial charge in [-0.25, -0.2) is 4.79 Å². The number of benzene rings is 1. The number of carbonyl (C=O) groups is 2. The Bertz CT molecular complexity index is 656. The van der Waals surface area contributed by atoms with Crippen LogP contribution in [0.5, 0.6) is 0 Å². The van der Waals surface area contributed by atoms with E-state index in [1.807, 2.05) is 24.3 Å². The number of carboxylic acid groups (broad SMARTS) is 1. The van der Waals surface area contributed by atoms with Crippen LogP contribution in [-0.2, 0) is 16.0 Å². The molecule has 0 saturated carbocycles. The molecule has 0 saturated heterocycles. The molecule has 0 bridgehead atoms. The third-order valence-electron chi connectivity index (χ3n) is 3.25. The smallest absolute Gasteiger partial charge is 0.326 e. The van der Waals surface area contributed by atoms with E-state index in [1.54, 1.807) is 6.20 Å². The van der Waals surface area contributed by atoms with Gasteiger partial charge in [0.25, 0.3) is 0 Å². The van der Waals surface area contributed by atoms with E-state index in [-0.39, 0.29) is 12.2 Å². The number of hydrogen-bond acceptors (Lipinski definition) is 4. The van der Waals surface area contributed by atoms with Crippen LogP contribution in [0.25, 0.3) is 10.9 Å². The number of fused-ring (bicyclic) bond motifs is 1. The number of hydrogen-bond donors (Lipinski definition) is 5. The molecule has 0 aliphatic heterocycles. The zero-order valence-corrected chi connectivity index (χ0v) is 12.1. The summed E-state index contributed by atoms with van der Waals surface area (Å²) in [6.07, 6.45) is 1.94. The fraction of sp³-hybridized carbons (Fsp3) is 0.286. The fourth-order valence-electron chi connectivity index (χ4n) is 2.08. The van der Waals surface area contributed by atoms with Crippen molar-refractivity contribution in [3.8, 4) is 0 Å². The average Bonchev–Trinajstić information content (AvgIpc) is 2.88. The van der Waals surface area contributed by atoms with E-state index in [9.17, 15) is 14.7 Å². The summed E-state index contributed by atoms with van der Waals surface area (Å²) in [4.78, 5) is 26.1. The Balaban J connectivity index is 2.17. The van der Waals surface area contributed by atoms with Crippen LogP contribution in [0.4, 0.5) is 0 Å². The SMILES string of the molecule is NC(CS)C(=O)NC(Cc1c[nH]c2ccccc12)C(=O)O. The maximum atomic E-state index is 11.7. The number of aliphatic carboxylic acids is 1. The van der Waals surface area contributed by atoms with E-state index < -0.39 is 24.0 Å². The largest absolute Gasteiger partial charge is 0.480 e. The molecule has 1 aromatic heterocycles. The highest BCUT2D eigenvalue weighted by molar-refractivity contribution is 7.80. The molecule has 5 N–H and O–H groups in total. The molecule has 21 heavy (non-hydrogen) atoms. The van der Waals surface area contributed by atoms with Crippen LogP contribution in [0.15, 0.2) is 30.5 Å². The fourth-order valence-corrected chi connectivity index (χ4v) is 2.25. The second-order valence-corrected chi connectivity index (χ2v) is 5.12. The van der Waals surface area contributed by atoms with Crippen molar-refractivity contribution in [3.05, 3.63) is 36.0 Å². The molecule has 2 aromatic rings. The number of thiol groups is 1. The van der Waals surface area contributed by atoms with Crippen LogP contribution < -0.4 is 11.1 Å². The molecule has 112 valence electrons. The van der Waals surface area contributed by atoms with Crippen molar-refractivity contribution in [3.63, 3.8) is 0 Å². The number of nitrogens with one attached hydrogen (secondary N) is 2. The highest BCUT2D eigenvalue weighted by atomic mass is 32.1. The standard InChI is InChI=1S/C14H17N3O3S/c15-10(7-21)13(18)17-12(14(19)20)5-8-6-16-11-4-2-1-3-9(8)11/h1-4,6,10,12,16,21H,5,7,15H2,(H,17,18)(H,19,20). The van der Waals surface area contributed by atoms with Gasteiger partial charge in [0.05, 0.1) is 6.04 Å². The van der Waals surface area contributed by atoms with Crippen LogP contribution >= 0.6 is 12.6 Å². The summed E-state index contributed by atoms with van der Waals surface area (Å²) < 4.78 is 0. The number of aromatic nitrogens is 1. The second-order valence-electron chi connectivity index (χ2n) is 4.75. The number of carboxylic acids is 1. The maximum absolute atomic E-state index is 11.7. The van der Waals surface area contributed by atoms with Gasteiger partial charge in [-0.2, -0.15) is 12.6 Å². The van der Waals surface area contributed by atoms with Gasteiger partial charge in [0.15, 0.2) is 0 Å². The van der Waals surface area contributed by atoms with Gasteiger partial charge in [-0.1, -0.05) is 18.2 Å². The summed E-state index contributed by atoms with van der Waals surface area (Å²) in [6, 6.07) is 5.74. The van der Waals surface area contributed by atoms with Gasteiger partial charge in [-0.3, -0.25) is 4.79 Å². The summed E-state index contributed by atoms with van der Waals surface area (Å²) in [5.74, 6) is -1.46. The lowest BCUT2D eigenvalue weighted by molar-refractivity contribution is -0.141. The van der Waals surface area contributed by atoms with E-state index in [0.29, 0.717) is 0 Å². The van der Waals surface area contributed by atoms with Crippen molar-refractivity contribution in [2.45, 2.75) is 18.5 Å². The van der Waals surface area contributed by atoms with Gasteiger partial charge < -0.3 is 21.1 Å². The van der Waals surface area contributed by atoms with Crippen LogP contribution in [0.2, 0.25) is 0 Å². The van der Waals surface area contributed by atoms with Crippen LogP contribution in [0, 0.1) is 0 Å². The van der Waals surface area contributed by atoms with Crippen molar-refractivity contribution in [1.29, 1.82) is 0 Å². The Morgan fingerprint density at radius 3 is 2.76 bits per heavy atom. The average molecular weight is 307 g/mol. The van der Waals surface area contributed by atoms with Gasteiger partial charge >= 0.3 is 5.97 Å². The minimum atomic E-state index is -1.10. The number of aromatic amines is 1. The molecule has 0 fully saturated rings. The number of para-hydroxylation sites is 1. The first-order valence-electron chi connectivity index (χ1n) is 6.47. The summed E-state index contributed by atoms with van der Waals surface area (Å²) in [6.45, 7) is 0. The molecule has 0 aliphatic carbocycles. The van der Waals surface area contributed by atoms with Gasteiger partial charge in [0, 0.05) is 29.3 Å². The highest BCUT2D eigenvalue weighted by Gasteiger charge is 2.24. The molecule has 1 aromatic carbocycles. The molecule has 2 unspecified atom stereocenters. The minimum Gasteiger partial charge on any atom is -0.480 e. The second kappa shape index (κ2) is 6.64. The number of nitrogens with two attached hydrogens (primary N) is 1. The Hall–Kier alpha value is -1.99. The zero-order chi connectivity index (χ0) is 15.4. The van der Waals surface area contributed by atoms with Crippen molar-refractivity contribution in [2.75, 3.05) is 5.75 Å². The summed E-state index contributed by atoms with van der Waals surface area (Å²) in [5.41, 5.74) is 7.30. The number of amides is 1. The van der Waals surface area contributed by atoms with Gasteiger partial charge in [0.1, 0.15) is 6.04 Å². The lowest BCUT2D eigenvalue weighted by Crippen LogP contribution is -2.50. The van der Waals surface area contributed by atoms with Gasteiger partial charge in [0.2, 0.25) is 5.91 Å². The monoisotopic (exact) mass is 307 g/mol.